The first kappa shape index (κ1) is 22.9. The van der Waals surface area contributed by atoms with E-state index in [1.165, 1.54) is 30.2 Å². The van der Waals surface area contributed by atoms with Crippen LogP contribution < -0.4 is 16.0 Å². The number of H-pyrrole nitrogens is 1. The maximum absolute atomic E-state index is 13.0. The van der Waals surface area contributed by atoms with Gasteiger partial charge in [0.05, 0.1) is 19.3 Å². The van der Waals surface area contributed by atoms with Gasteiger partial charge in [-0.05, 0) is 42.5 Å². The highest BCUT2D eigenvalue weighted by Gasteiger charge is 2.39. The molecule has 0 unspecified atom stereocenters. The minimum atomic E-state index is -1.79. The first-order valence-corrected chi connectivity index (χ1v) is 10.1. The van der Waals surface area contributed by atoms with Gasteiger partial charge in [-0.25, -0.2) is 9.59 Å². The van der Waals surface area contributed by atoms with Gasteiger partial charge >= 0.3 is 11.7 Å². The van der Waals surface area contributed by atoms with E-state index >= 15 is 0 Å². The Balaban J connectivity index is 1.44. The molecular weight excluding hydrogens is 448 g/mol. The maximum atomic E-state index is 13.0. The molecule has 2 amide bonds. The van der Waals surface area contributed by atoms with Gasteiger partial charge in [-0.1, -0.05) is 11.2 Å². The number of esters is 1. The molecule has 3 aromatic rings. The van der Waals surface area contributed by atoms with E-state index in [0.29, 0.717) is 16.9 Å². The summed E-state index contributed by atoms with van der Waals surface area (Å²) < 4.78 is 14.5. The molecule has 0 spiro atoms. The SMILES string of the molecule is COC(=O)c1cccc(N2CCO[C@H]([C@@H](O)C(=O)Nc3ccc(-c4noc(=O)[nH]4)cc3)C2=O)c1. The fourth-order valence-electron chi connectivity index (χ4n) is 3.43. The second-order valence-electron chi connectivity index (χ2n) is 7.28. The van der Waals surface area contributed by atoms with Crippen molar-refractivity contribution in [2.45, 2.75) is 12.2 Å². The molecule has 12 nitrogen and oxygen atoms in total. The molecule has 12 heteroatoms. The second-order valence-corrected chi connectivity index (χ2v) is 7.28. The molecule has 2 aromatic carbocycles. The van der Waals surface area contributed by atoms with Crippen LogP contribution in [0.3, 0.4) is 0 Å². The highest BCUT2D eigenvalue weighted by molar-refractivity contribution is 6.04. The quantitative estimate of drug-likeness (QED) is 0.438. The van der Waals surface area contributed by atoms with Crippen LogP contribution in [0.25, 0.3) is 11.4 Å². The van der Waals surface area contributed by atoms with Gasteiger partial charge in [0.15, 0.2) is 18.0 Å². The lowest BCUT2D eigenvalue weighted by Gasteiger charge is -2.34. The van der Waals surface area contributed by atoms with E-state index < -0.39 is 35.7 Å². The van der Waals surface area contributed by atoms with E-state index in [1.807, 2.05) is 0 Å². The summed E-state index contributed by atoms with van der Waals surface area (Å²) in [4.78, 5) is 52.2. The smallest absolute Gasteiger partial charge is 0.439 e. The third kappa shape index (κ3) is 4.72. The van der Waals surface area contributed by atoms with E-state index in [4.69, 9.17) is 9.47 Å². The lowest BCUT2D eigenvalue weighted by Crippen LogP contribution is -2.55. The first-order valence-electron chi connectivity index (χ1n) is 10.1. The van der Waals surface area contributed by atoms with Crippen LogP contribution >= 0.6 is 0 Å². The molecule has 0 bridgehead atoms. The van der Waals surface area contributed by atoms with Crippen LogP contribution in [-0.4, -0.2) is 65.5 Å². The number of nitrogens with zero attached hydrogens (tertiary/aromatic N) is 2. The zero-order valence-corrected chi connectivity index (χ0v) is 17.9. The van der Waals surface area contributed by atoms with Crippen molar-refractivity contribution in [2.75, 3.05) is 30.5 Å². The van der Waals surface area contributed by atoms with Crippen molar-refractivity contribution >= 4 is 29.2 Å². The molecular formula is C22H20N4O8. The lowest BCUT2D eigenvalue weighted by molar-refractivity contribution is -0.150. The Morgan fingerprint density at radius 1 is 1.24 bits per heavy atom. The number of amides is 2. The predicted octanol–water partition coefficient (Wildman–Crippen LogP) is 0.548. The molecule has 176 valence electrons. The third-order valence-corrected chi connectivity index (χ3v) is 5.12. The second kappa shape index (κ2) is 9.68. The average Bonchev–Trinajstić information content (AvgIpc) is 3.30. The third-order valence-electron chi connectivity index (χ3n) is 5.12. The molecule has 4 rings (SSSR count). The Hall–Kier alpha value is -4.29. The van der Waals surface area contributed by atoms with Crippen molar-refractivity contribution in [1.29, 1.82) is 0 Å². The van der Waals surface area contributed by atoms with Crippen molar-refractivity contribution in [3.8, 4) is 11.4 Å². The Labute approximate surface area is 192 Å². The molecule has 0 saturated carbocycles. The number of carbonyl (C=O) groups is 3. The largest absolute Gasteiger partial charge is 0.465 e. The Morgan fingerprint density at radius 3 is 2.68 bits per heavy atom. The molecule has 1 aromatic heterocycles. The van der Waals surface area contributed by atoms with E-state index in [-0.39, 0.29) is 24.5 Å². The van der Waals surface area contributed by atoms with Gasteiger partial charge in [-0.2, -0.15) is 0 Å². The highest BCUT2D eigenvalue weighted by Crippen LogP contribution is 2.23. The van der Waals surface area contributed by atoms with Crippen LogP contribution in [0.1, 0.15) is 10.4 Å². The van der Waals surface area contributed by atoms with Gasteiger partial charge < -0.3 is 24.8 Å². The summed E-state index contributed by atoms with van der Waals surface area (Å²) in [5.74, 6) is -2.49. The number of ether oxygens (including phenoxy) is 2. The minimum absolute atomic E-state index is 0.0772. The average molecular weight is 468 g/mol. The summed E-state index contributed by atoms with van der Waals surface area (Å²) in [5.41, 5.74) is 1.55. The lowest BCUT2D eigenvalue weighted by atomic mass is 10.1. The molecule has 2 heterocycles. The minimum Gasteiger partial charge on any atom is -0.465 e. The molecule has 1 fully saturated rings. The van der Waals surface area contributed by atoms with Gasteiger partial charge in [0.1, 0.15) is 0 Å². The van der Waals surface area contributed by atoms with Gasteiger partial charge in [0, 0.05) is 23.5 Å². The number of aromatic nitrogens is 2. The molecule has 0 radical (unpaired) electrons. The summed E-state index contributed by atoms with van der Waals surface area (Å²) in [6.07, 6.45) is -3.22. The molecule has 34 heavy (non-hydrogen) atoms. The van der Waals surface area contributed by atoms with Crippen molar-refractivity contribution in [3.63, 3.8) is 0 Å². The number of anilines is 2. The number of aromatic amines is 1. The van der Waals surface area contributed by atoms with E-state index in [0.717, 1.165) is 0 Å². The van der Waals surface area contributed by atoms with Crippen LogP contribution in [0.15, 0.2) is 57.8 Å². The topological polar surface area (TPSA) is 164 Å². The van der Waals surface area contributed by atoms with E-state index in [2.05, 4.69) is 20.0 Å². The zero-order chi connectivity index (χ0) is 24.2. The van der Waals surface area contributed by atoms with Crippen molar-refractivity contribution < 1.29 is 33.5 Å². The number of morpholine rings is 1. The summed E-state index contributed by atoms with van der Waals surface area (Å²) in [7, 11) is 1.25. The molecule has 1 saturated heterocycles. The van der Waals surface area contributed by atoms with Crippen molar-refractivity contribution in [3.05, 3.63) is 64.6 Å². The normalized spacial score (nSPS) is 16.7. The number of aliphatic hydroxyl groups excluding tert-OH is 1. The number of aliphatic hydroxyl groups is 1. The van der Waals surface area contributed by atoms with Gasteiger partial charge in [-0.3, -0.25) is 19.1 Å². The van der Waals surface area contributed by atoms with Gasteiger partial charge in [0.2, 0.25) is 0 Å². The number of benzene rings is 2. The molecule has 1 aliphatic heterocycles. The number of carbonyl (C=O) groups excluding carboxylic acids is 3. The fraction of sp³-hybridized carbons (Fsp3) is 0.227. The monoisotopic (exact) mass is 468 g/mol. The van der Waals surface area contributed by atoms with Crippen LogP contribution in [-0.2, 0) is 19.1 Å². The van der Waals surface area contributed by atoms with Crippen LogP contribution in [0, 0.1) is 0 Å². The van der Waals surface area contributed by atoms with Crippen LogP contribution in [0.5, 0.6) is 0 Å². The summed E-state index contributed by atoms with van der Waals surface area (Å²) in [5, 5.41) is 16.6. The van der Waals surface area contributed by atoms with Crippen LogP contribution in [0.4, 0.5) is 11.4 Å². The summed E-state index contributed by atoms with van der Waals surface area (Å²) in [6, 6.07) is 12.5. The van der Waals surface area contributed by atoms with Crippen molar-refractivity contribution in [1.82, 2.24) is 10.1 Å². The predicted molar refractivity (Wildman–Crippen MR) is 117 cm³/mol. The van der Waals surface area contributed by atoms with E-state index in [1.54, 1.807) is 30.3 Å². The Morgan fingerprint density at radius 2 is 2.00 bits per heavy atom. The maximum Gasteiger partial charge on any atom is 0.439 e. The standard InChI is InChI=1S/C22H20N4O8/c1-32-21(30)13-3-2-4-15(11-13)26-9-10-33-17(20(26)29)16(27)19(28)23-14-7-5-12(6-8-14)18-24-22(31)34-25-18/h2-8,11,16-17,27H,9-10H2,1H3,(H,23,28)(H,24,25,31)/t16-,17-/m1/s1. The van der Waals surface area contributed by atoms with Crippen molar-refractivity contribution in [2.24, 2.45) is 0 Å². The van der Waals surface area contributed by atoms with Gasteiger partial charge in [-0.15, -0.1) is 0 Å². The molecule has 3 N–H and O–H groups in total. The number of nitrogens with one attached hydrogen (secondary N) is 2. The number of rotatable bonds is 6. The molecule has 2 atom stereocenters. The van der Waals surface area contributed by atoms with Gasteiger partial charge in [0.25, 0.3) is 11.8 Å². The number of hydrogen-bond acceptors (Lipinski definition) is 9. The van der Waals surface area contributed by atoms with Crippen LogP contribution in [0.2, 0.25) is 0 Å². The molecule has 1 aliphatic rings. The fourth-order valence-corrected chi connectivity index (χ4v) is 3.43. The Bertz CT molecular complexity index is 1270. The first-order chi connectivity index (χ1) is 16.4. The Kier molecular flexibility index (Phi) is 6.52. The summed E-state index contributed by atoms with van der Waals surface area (Å²) >= 11 is 0. The molecule has 0 aliphatic carbocycles. The zero-order valence-electron chi connectivity index (χ0n) is 17.9. The van der Waals surface area contributed by atoms with E-state index in [9.17, 15) is 24.3 Å². The highest BCUT2D eigenvalue weighted by atomic mass is 16.5. The number of hydrogen-bond donors (Lipinski definition) is 3. The number of methoxy groups -OCH3 is 1. The summed E-state index contributed by atoms with van der Waals surface area (Å²) in [6.45, 7) is 0.258.